The van der Waals surface area contributed by atoms with Crippen LogP contribution in [0, 0.1) is 0 Å². The fourth-order valence-corrected chi connectivity index (χ4v) is 0.612. The molecule has 1 aliphatic rings. The highest BCUT2D eigenvalue weighted by molar-refractivity contribution is 6.77. The first-order chi connectivity index (χ1) is 2.39. The Bertz CT molecular complexity index is 31.9. The van der Waals surface area contributed by atoms with Gasteiger partial charge >= 0.3 is 0 Å². The maximum Gasteiger partial charge on any atom is 0.108 e. The molecule has 0 aliphatic carbocycles. The first-order valence-electron chi connectivity index (χ1n) is 2.39. The van der Waals surface area contributed by atoms with Crippen molar-refractivity contribution in [3.05, 3.63) is 0 Å². The zero-order valence-corrected chi connectivity index (χ0v) is 3.70. The van der Waals surface area contributed by atoms with Crippen LogP contribution < -0.4 is 0 Å². The molecule has 1 heterocycles. The van der Waals surface area contributed by atoms with Crippen LogP contribution in [-0.2, 0) is 0 Å². The van der Waals surface area contributed by atoms with Gasteiger partial charge in [0.15, 0.2) is 0 Å². The summed E-state index contributed by atoms with van der Waals surface area (Å²) in [6.07, 6.45) is 1.49. The molecule has 1 aliphatic heterocycles. The average molecular weight is 65.7 g/mol. The van der Waals surface area contributed by atoms with Crippen LogP contribution in [0.4, 0.5) is 0 Å². The van der Waals surface area contributed by atoms with Gasteiger partial charge in [0, 0.05) is 0 Å². The van der Waals surface area contributed by atoms with Crippen LogP contribution in [0.15, 0.2) is 0 Å². The van der Waals surface area contributed by atoms with Gasteiger partial charge in [0.25, 0.3) is 0 Å². The van der Waals surface area contributed by atoms with E-state index >= 15 is 0 Å². The summed E-state index contributed by atoms with van der Waals surface area (Å²) in [6.45, 7) is 2.31. The monoisotopic (exact) mass is 66.1 g/mol. The lowest BCUT2D eigenvalue weighted by molar-refractivity contribution is 1.25. The van der Waals surface area contributed by atoms with E-state index in [9.17, 15) is 0 Å². The van der Waals surface area contributed by atoms with E-state index in [1.165, 1.54) is 20.8 Å². The first-order valence-corrected chi connectivity index (χ1v) is 2.39. The van der Waals surface area contributed by atoms with E-state index in [-0.39, 0.29) is 0 Å². The van der Waals surface area contributed by atoms with Crippen LogP contribution in [0.5, 0.6) is 0 Å². The minimum atomic E-state index is 1.06. The molecule has 0 radical (unpaired) electrons. The number of rotatable bonds is 0. The van der Waals surface area contributed by atoms with E-state index in [2.05, 4.69) is 6.92 Å². The molecule has 0 bridgehead atoms. The fourth-order valence-electron chi connectivity index (χ4n) is 0.612. The van der Waals surface area contributed by atoms with E-state index in [0.717, 1.165) is 5.72 Å². The molecule has 0 unspecified atom stereocenters. The second kappa shape index (κ2) is 1.08. The Balaban J connectivity index is 2.08. The third kappa shape index (κ3) is 0.499. The first kappa shape index (κ1) is 3.32. The summed E-state index contributed by atoms with van der Waals surface area (Å²) in [7, 11) is 2.97. The van der Waals surface area contributed by atoms with Gasteiger partial charge in [-0.3, -0.25) is 0 Å². The molecule has 0 atom stereocenters. The molecule has 0 aromatic carbocycles. The van der Waals surface area contributed by atoms with Crippen LogP contribution in [0.2, 0.25) is 11.9 Å². The summed E-state index contributed by atoms with van der Waals surface area (Å²) in [5.74, 6) is 0. The summed E-state index contributed by atoms with van der Waals surface area (Å²) >= 11 is 0. The van der Waals surface area contributed by atoms with E-state index < -0.39 is 0 Å². The Morgan fingerprint density at radius 1 is 1.60 bits per heavy atom. The normalized spacial score (nSPS) is 22.6. The Kier molecular flexibility index (Phi) is 0.716. The second-order valence-corrected chi connectivity index (χ2v) is 2.04. The minimum Gasteiger partial charge on any atom is -0.102 e. The molecule has 0 aromatic rings. The summed E-state index contributed by atoms with van der Waals surface area (Å²) in [5, 5.41) is 0. The zero-order valence-electron chi connectivity index (χ0n) is 3.70. The van der Waals surface area contributed by atoms with Crippen molar-refractivity contribution >= 4 is 14.6 Å². The van der Waals surface area contributed by atoms with Crippen molar-refractivity contribution in [2.45, 2.75) is 18.9 Å². The molecule has 5 heavy (non-hydrogen) atoms. The molecule has 0 saturated carbocycles. The molecule has 0 nitrogen and oxygen atoms in total. The van der Waals surface area contributed by atoms with E-state index in [1.54, 1.807) is 0 Å². The molecule has 0 aromatic heterocycles. The summed E-state index contributed by atoms with van der Waals surface area (Å²) in [6, 6.07) is 0. The number of hydrogen-bond donors (Lipinski definition) is 0. The topological polar surface area (TPSA) is 0 Å². The van der Waals surface area contributed by atoms with Crippen molar-refractivity contribution < 1.29 is 0 Å². The quantitative estimate of drug-likeness (QED) is 0.349. The molecule has 2 heteroatoms. The molecule has 0 spiro atoms. The van der Waals surface area contributed by atoms with Gasteiger partial charge in [0.05, 0.1) is 0 Å². The van der Waals surface area contributed by atoms with Crippen LogP contribution in [-0.4, -0.2) is 14.6 Å². The van der Waals surface area contributed by atoms with Crippen molar-refractivity contribution in [1.82, 2.24) is 0 Å². The highest BCUT2D eigenvalue weighted by Crippen LogP contribution is 2.11. The average Bonchev–Trinajstić information content (AvgIpc) is 1.30. The largest absolute Gasteiger partial charge is 0.108 e. The van der Waals surface area contributed by atoms with Gasteiger partial charge in [-0.15, -0.1) is 6.22 Å². The predicted octanol–water partition coefficient (Wildman–Crippen LogP) is 0.0147. The van der Waals surface area contributed by atoms with E-state index in [4.69, 9.17) is 0 Å². The Labute approximate surface area is 34.4 Å². The summed E-state index contributed by atoms with van der Waals surface area (Å²) < 4.78 is 0. The van der Waals surface area contributed by atoms with Crippen molar-refractivity contribution in [3.63, 3.8) is 0 Å². The maximum atomic E-state index is 2.31. The van der Waals surface area contributed by atoms with Crippen LogP contribution in [0.1, 0.15) is 6.92 Å². The van der Waals surface area contributed by atoms with Crippen LogP contribution in [0.3, 0.4) is 0 Å². The van der Waals surface area contributed by atoms with Gasteiger partial charge in [-0.2, -0.15) is 0 Å². The minimum absolute atomic E-state index is 1.06. The van der Waals surface area contributed by atoms with Crippen molar-refractivity contribution in [1.29, 1.82) is 0 Å². The summed E-state index contributed by atoms with van der Waals surface area (Å²) in [5.41, 5.74) is 1.06. The van der Waals surface area contributed by atoms with Gasteiger partial charge in [0.2, 0.25) is 0 Å². The SMILES string of the molecule is CC1BCB1. The Morgan fingerprint density at radius 2 is 2.00 bits per heavy atom. The van der Waals surface area contributed by atoms with Crippen LogP contribution in [0.25, 0.3) is 0 Å². The van der Waals surface area contributed by atoms with Crippen molar-refractivity contribution in [3.8, 4) is 0 Å². The van der Waals surface area contributed by atoms with E-state index in [0.29, 0.717) is 0 Å². The Morgan fingerprint density at radius 3 is 2.00 bits per heavy atom. The lowest BCUT2D eigenvalue weighted by Gasteiger charge is -2.14. The van der Waals surface area contributed by atoms with Crippen molar-refractivity contribution in [2.24, 2.45) is 0 Å². The second-order valence-electron chi connectivity index (χ2n) is 2.04. The lowest BCUT2D eigenvalue weighted by Crippen LogP contribution is -2.21. The molecule has 0 amide bonds. The van der Waals surface area contributed by atoms with Crippen molar-refractivity contribution in [2.75, 3.05) is 0 Å². The van der Waals surface area contributed by atoms with E-state index in [1.807, 2.05) is 0 Å². The molecule has 26 valence electrons. The smallest absolute Gasteiger partial charge is 0.102 e. The van der Waals surface area contributed by atoms with Gasteiger partial charge in [-0.25, -0.2) is 0 Å². The summed E-state index contributed by atoms with van der Waals surface area (Å²) in [4.78, 5) is 0. The van der Waals surface area contributed by atoms with Gasteiger partial charge < -0.3 is 0 Å². The maximum absolute atomic E-state index is 2.31. The molecule has 1 saturated heterocycles. The van der Waals surface area contributed by atoms with Gasteiger partial charge in [-0.05, 0) is 0 Å². The van der Waals surface area contributed by atoms with Gasteiger partial charge in [0.1, 0.15) is 14.6 Å². The molecule has 0 N–H and O–H groups in total. The molecule has 1 fully saturated rings. The predicted molar refractivity (Wildman–Crippen MR) is 28.5 cm³/mol. The number of hydrogen-bond acceptors (Lipinski definition) is 0. The Hall–Kier alpha value is 0.130. The molecular formula is C3H8B2. The highest BCUT2D eigenvalue weighted by Gasteiger charge is 2.13. The molecule has 1 rings (SSSR count). The highest BCUT2D eigenvalue weighted by atomic mass is 13.7. The van der Waals surface area contributed by atoms with Gasteiger partial charge in [-0.1, -0.05) is 12.6 Å². The molecular weight excluding hydrogens is 57.7 g/mol. The third-order valence-corrected chi connectivity index (χ3v) is 1.39. The van der Waals surface area contributed by atoms with Crippen LogP contribution >= 0.6 is 0 Å². The standard InChI is InChI=1S/C3H8B2/c1-3-4-2-5-3/h3-5H,2H2,1H3. The lowest BCUT2D eigenvalue weighted by atomic mass is 9.25. The zero-order chi connectivity index (χ0) is 3.70. The third-order valence-electron chi connectivity index (χ3n) is 1.39. The fraction of sp³-hybridized carbons (Fsp3) is 1.00.